The maximum atomic E-state index is 13.5. The molecule has 15 heteroatoms. The summed E-state index contributed by atoms with van der Waals surface area (Å²) >= 11 is 0. The van der Waals surface area contributed by atoms with Gasteiger partial charge in [-0.3, -0.25) is 19.2 Å². The van der Waals surface area contributed by atoms with Crippen molar-refractivity contribution in [1.82, 2.24) is 25.6 Å². The van der Waals surface area contributed by atoms with Crippen LogP contribution in [0.15, 0.2) is 66.7 Å². The van der Waals surface area contributed by atoms with Crippen LogP contribution in [0.1, 0.15) is 54.6 Å². The minimum absolute atomic E-state index is 0.0280. The van der Waals surface area contributed by atoms with Crippen molar-refractivity contribution in [2.75, 3.05) is 39.6 Å². The first-order valence-electron chi connectivity index (χ1n) is 17.1. The van der Waals surface area contributed by atoms with E-state index in [0.717, 1.165) is 9.87 Å². The topological polar surface area (TPSA) is 181 Å². The number of carbonyl (C=O) groups is 4. The van der Waals surface area contributed by atoms with Gasteiger partial charge in [-0.2, -0.15) is 4.31 Å². The van der Waals surface area contributed by atoms with Gasteiger partial charge in [0.2, 0.25) is 27.7 Å². The lowest BCUT2D eigenvalue weighted by Crippen LogP contribution is -2.54. The first kappa shape index (κ1) is 39.6. The zero-order valence-electron chi connectivity index (χ0n) is 29.9. The van der Waals surface area contributed by atoms with Crippen molar-refractivity contribution in [2.24, 2.45) is 0 Å². The number of carbonyl (C=O) groups excluding carboxylic acids is 4. The Morgan fingerprint density at radius 1 is 0.865 bits per heavy atom. The predicted octanol–water partition coefficient (Wildman–Crippen LogP) is 2.91. The molecule has 4 N–H and O–H groups in total. The molecule has 0 saturated carbocycles. The predicted molar refractivity (Wildman–Crippen MR) is 195 cm³/mol. The van der Waals surface area contributed by atoms with E-state index in [1.807, 2.05) is 30.3 Å². The van der Waals surface area contributed by atoms with Crippen molar-refractivity contribution in [3.05, 3.63) is 83.4 Å². The number of hydrogen-bond acceptors (Lipinski definition) is 9. The quantitative estimate of drug-likeness (QED) is 0.265. The van der Waals surface area contributed by atoms with Crippen LogP contribution in [0.4, 0.5) is 0 Å². The zero-order chi connectivity index (χ0) is 37.7. The number of aryl methyl sites for hydroxylation is 1. The van der Waals surface area contributed by atoms with Crippen LogP contribution in [0.25, 0.3) is 0 Å². The maximum absolute atomic E-state index is 13.5. The lowest BCUT2D eigenvalue weighted by atomic mass is 10.0. The van der Waals surface area contributed by atoms with Crippen molar-refractivity contribution in [3.63, 3.8) is 0 Å². The second-order valence-electron chi connectivity index (χ2n) is 12.2. The third kappa shape index (κ3) is 11.2. The third-order valence-corrected chi connectivity index (χ3v) is 10.4. The molecule has 0 saturated heterocycles. The molecule has 4 bridgehead atoms. The van der Waals surface area contributed by atoms with Gasteiger partial charge in [0.25, 0.3) is 5.91 Å². The van der Waals surface area contributed by atoms with Crippen molar-refractivity contribution >= 4 is 33.7 Å². The molecule has 2 atom stereocenters. The van der Waals surface area contributed by atoms with Gasteiger partial charge < -0.3 is 35.5 Å². The monoisotopic (exact) mass is 737 g/mol. The second-order valence-corrected chi connectivity index (χ2v) is 14.5. The van der Waals surface area contributed by atoms with Gasteiger partial charge in [-0.25, -0.2) is 8.42 Å². The fourth-order valence-electron chi connectivity index (χ4n) is 5.51. The molecule has 52 heavy (non-hydrogen) atoms. The van der Waals surface area contributed by atoms with E-state index in [-0.39, 0.29) is 43.5 Å². The van der Waals surface area contributed by atoms with E-state index in [0.29, 0.717) is 47.6 Å². The molecule has 0 radical (unpaired) electrons. The Kier molecular flexibility index (Phi) is 14.4. The average molecular weight is 738 g/mol. The fraction of sp³-hybridized carbons (Fsp3) is 0.405. The normalized spacial score (nSPS) is 18.8. The molecule has 0 spiro atoms. The number of sulfonamides is 1. The minimum atomic E-state index is -3.79. The zero-order valence-corrected chi connectivity index (χ0v) is 30.7. The van der Waals surface area contributed by atoms with Crippen molar-refractivity contribution < 1.29 is 41.8 Å². The van der Waals surface area contributed by atoms with Crippen LogP contribution in [0.5, 0.6) is 23.0 Å². The molecule has 0 aliphatic carbocycles. The number of rotatable bonds is 7. The SMILES string of the molecule is CCS(=O)(=O)N1CCCCNC(=O)c2ccc(OC)c(c2)Oc2ccc(c(OC)c2)CNC(=O)[C@H](C)NC(=O)[C@H](CCc2ccccc2)NC(=O)C1. The van der Waals surface area contributed by atoms with E-state index < -0.39 is 46.4 Å². The van der Waals surface area contributed by atoms with Gasteiger partial charge in [0, 0.05) is 36.8 Å². The Morgan fingerprint density at radius 2 is 1.62 bits per heavy atom. The van der Waals surface area contributed by atoms with Crippen molar-refractivity contribution in [3.8, 4) is 23.0 Å². The van der Waals surface area contributed by atoms with E-state index in [4.69, 9.17) is 14.2 Å². The van der Waals surface area contributed by atoms with Crippen LogP contribution >= 0.6 is 0 Å². The van der Waals surface area contributed by atoms with Gasteiger partial charge >= 0.3 is 0 Å². The van der Waals surface area contributed by atoms with Crippen molar-refractivity contribution in [2.45, 2.75) is 58.2 Å². The summed E-state index contributed by atoms with van der Waals surface area (Å²) in [6.45, 7) is 2.86. The molecule has 280 valence electrons. The van der Waals surface area contributed by atoms with Crippen LogP contribution in [0, 0.1) is 0 Å². The number of benzene rings is 3. The molecule has 2 aliphatic rings. The Hall–Kier alpha value is -5.15. The third-order valence-electron chi connectivity index (χ3n) is 8.53. The van der Waals surface area contributed by atoms with Crippen LogP contribution in [-0.4, -0.2) is 88.0 Å². The van der Waals surface area contributed by atoms with E-state index >= 15 is 0 Å². The van der Waals surface area contributed by atoms with E-state index in [1.54, 1.807) is 36.4 Å². The molecule has 5 rings (SSSR count). The highest BCUT2D eigenvalue weighted by atomic mass is 32.2. The average Bonchev–Trinajstić information content (AvgIpc) is 3.14. The Bertz CT molecular complexity index is 1820. The Labute approximate surface area is 304 Å². The smallest absolute Gasteiger partial charge is 0.251 e. The summed E-state index contributed by atoms with van der Waals surface area (Å²) in [5, 5.41) is 11.0. The molecular weight excluding hydrogens is 690 g/mol. The summed E-state index contributed by atoms with van der Waals surface area (Å²) in [7, 11) is -0.826. The molecular formula is C37H47N5O9S. The van der Waals surface area contributed by atoms with Crippen LogP contribution in [0.2, 0.25) is 0 Å². The molecule has 4 amide bonds. The standard InChI is InChI=1S/C37H47N5O9S/c1-5-52(47,48)42-20-10-9-19-38-36(45)27-15-18-31(49-3)33(21-27)51-29-16-14-28(32(22-29)50-4)23-39-35(44)25(2)40-37(46)30(41-34(43)24-42)17-13-26-11-7-6-8-12-26/h6-8,11-12,14-16,18,21-22,25,30H,5,9-10,13,17,19-20,23-24H2,1-4H3,(H,38,45)(H,39,44)(H,40,46)(H,41,43)/t25-,30-/m0/s1. The summed E-state index contributed by atoms with van der Waals surface area (Å²) in [5.74, 6) is -0.815. The van der Waals surface area contributed by atoms with E-state index in [1.165, 1.54) is 28.1 Å². The van der Waals surface area contributed by atoms with Gasteiger partial charge in [0.05, 0.1) is 26.5 Å². The number of nitrogens with zero attached hydrogens (tertiary/aromatic N) is 1. The number of amides is 4. The largest absolute Gasteiger partial charge is 0.496 e. The summed E-state index contributed by atoms with van der Waals surface area (Å²) in [5.41, 5.74) is 1.89. The highest BCUT2D eigenvalue weighted by Gasteiger charge is 2.28. The molecule has 2 aliphatic heterocycles. The van der Waals surface area contributed by atoms with Crippen LogP contribution in [0.3, 0.4) is 0 Å². The number of fused-ring (bicyclic) bond motifs is 18. The first-order valence-corrected chi connectivity index (χ1v) is 18.7. The lowest BCUT2D eigenvalue weighted by molar-refractivity contribution is -0.132. The summed E-state index contributed by atoms with van der Waals surface area (Å²) in [6, 6.07) is 17.2. The summed E-state index contributed by atoms with van der Waals surface area (Å²) in [4.78, 5) is 53.0. The Balaban J connectivity index is 1.60. The number of methoxy groups -OCH3 is 2. The van der Waals surface area contributed by atoms with E-state index in [2.05, 4.69) is 21.3 Å². The number of hydrogen-bond donors (Lipinski definition) is 4. The highest BCUT2D eigenvalue weighted by molar-refractivity contribution is 7.89. The maximum Gasteiger partial charge on any atom is 0.251 e. The van der Waals surface area contributed by atoms with Gasteiger partial charge in [-0.1, -0.05) is 30.3 Å². The summed E-state index contributed by atoms with van der Waals surface area (Å²) in [6.07, 6.45) is 1.43. The lowest BCUT2D eigenvalue weighted by Gasteiger charge is -2.24. The minimum Gasteiger partial charge on any atom is -0.496 e. The second kappa shape index (κ2) is 18.9. The molecule has 14 nitrogen and oxygen atoms in total. The van der Waals surface area contributed by atoms with Gasteiger partial charge in [0.15, 0.2) is 11.5 Å². The molecule has 3 aromatic rings. The molecule has 0 aromatic heterocycles. The van der Waals surface area contributed by atoms with Gasteiger partial charge in [-0.05, 0) is 75.4 Å². The highest BCUT2D eigenvalue weighted by Crippen LogP contribution is 2.35. The molecule has 2 heterocycles. The van der Waals surface area contributed by atoms with E-state index in [9.17, 15) is 27.6 Å². The molecule has 0 unspecified atom stereocenters. The molecule has 3 aromatic carbocycles. The van der Waals surface area contributed by atoms with Gasteiger partial charge in [-0.15, -0.1) is 0 Å². The molecule has 0 fully saturated rings. The van der Waals surface area contributed by atoms with Crippen molar-refractivity contribution in [1.29, 1.82) is 0 Å². The number of ether oxygens (including phenoxy) is 3. The number of nitrogens with one attached hydrogen (secondary N) is 4. The Morgan fingerprint density at radius 3 is 2.33 bits per heavy atom. The van der Waals surface area contributed by atoms with Gasteiger partial charge in [0.1, 0.15) is 23.6 Å². The van der Waals surface area contributed by atoms with Crippen LogP contribution < -0.4 is 35.5 Å². The first-order chi connectivity index (χ1) is 24.9. The van der Waals surface area contributed by atoms with Crippen LogP contribution in [-0.2, 0) is 37.4 Å². The summed E-state index contributed by atoms with van der Waals surface area (Å²) < 4.78 is 44.1. The fourth-order valence-corrected chi connectivity index (χ4v) is 6.60.